The molecule has 1 atom stereocenters. The summed E-state index contributed by atoms with van der Waals surface area (Å²) >= 11 is 0. The van der Waals surface area contributed by atoms with E-state index in [1.165, 1.54) is 0 Å². The van der Waals surface area contributed by atoms with Crippen molar-refractivity contribution < 1.29 is 19.4 Å². The van der Waals surface area contributed by atoms with Crippen molar-refractivity contribution in [3.8, 4) is 0 Å². The number of rotatable bonds is 2. The quantitative estimate of drug-likeness (QED) is 0.626. The largest absolute Gasteiger partial charge is 0.481 e. The number of hydrogen-bond donors (Lipinski definition) is 1. The number of ether oxygens (including phenoxy) is 1. The fourth-order valence-electron chi connectivity index (χ4n) is 1.30. The predicted molar refractivity (Wildman–Crippen MR) is 40.6 cm³/mol. The first-order chi connectivity index (χ1) is 5.70. The first-order valence-corrected chi connectivity index (χ1v) is 4.08. The van der Waals surface area contributed by atoms with Gasteiger partial charge in [0, 0.05) is 0 Å². The third-order valence-corrected chi connectivity index (χ3v) is 1.95. The van der Waals surface area contributed by atoms with E-state index in [0.29, 0.717) is 13.0 Å². The van der Waals surface area contributed by atoms with E-state index < -0.39 is 11.9 Å². The molecule has 0 amide bonds. The SMILES string of the molecule is O=C(O)CC1CCCCOC1=O. The van der Waals surface area contributed by atoms with Crippen molar-refractivity contribution >= 4 is 11.9 Å². The molecule has 0 aliphatic carbocycles. The van der Waals surface area contributed by atoms with E-state index in [4.69, 9.17) is 9.84 Å². The van der Waals surface area contributed by atoms with Gasteiger partial charge in [-0.2, -0.15) is 0 Å². The van der Waals surface area contributed by atoms with Crippen LogP contribution in [0.5, 0.6) is 0 Å². The Balaban J connectivity index is 2.47. The van der Waals surface area contributed by atoms with Crippen LogP contribution in [0.4, 0.5) is 0 Å². The molecule has 4 heteroatoms. The Labute approximate surface area is 70.5 Å². The molecule has 12 heavy (non-hydrogen) atoms. The van der Waals surface area contributed by atoms with Gasteiger partial charge in [0.25, 0.3) is 0 Å². The fraction of sp³-hybridized carbons (Fsp3) is 0.750. The van der Waals surface area contributed by atoms with E-state index in [0.717, 1.165) is 12.8 Å². The van der Waals surface area contributed by atoms with Crippen molar-refractivity contribution in [2.45, 2.75) is 25.7 Å². The van der Waals surface area contributed by atoms with Crippen molar-refractivity contribution in [1.82, 2.24) is 0 Å². The van der Waals surface area contributed by atoms with Gasteiger partial charge in [0.15, 0.2) is 0 Å². The number of hydrogen-bond acceptors (Lipinski definition) is 3. The van der Waals surface area contributed by atoms with Crippen molar-refractivity contribution in [1.29, 1.82) is 0 Å². The van der Waals surface area contributed by atoms with Gasteiger partial charge in [-0.1, -0.05) is 0 Å². The molecule has 0 saturated carbocycles. The van der Waals surface area contributed by atoms with Gasteiger partial charge >= 0.3 is 11.9 Å². The Morgan fingerprint density at radius 3 is 3.00 bits per heavy atom. The zero-order chi connectivity index (χ0) is 8.97. The van der Waals surface area contributed by atoms with Crippen LogP contribution in [0, 0.1) is 5.92 Å². The average molecular weight is 172 g/mol. The normalized spacial score (nSPS) is 24.3. The van der Waals surface area contributed by atoms with Gasteiger partial charge in [0.05, 0.1) is 18.9 Å². The third kappa shape index (κ3) is 2.53. The standard InChI is InChI=1S/C8H12O4/c9-7(10)5-6-3-1-2-4-12-8(6)11/h6H,1-5H2,(H,9,10). The number of carbonyl (C=O) groups is 2. The first kappa shape index (κ1) is 9.03. The highest BCUT2D eigenvalue weighted by Gasteiger charge is 2.24. The maximum atomic E-state index is 11.1. The van der Waals surface area contributed by atoms with Crippen LogP contribution < -0.4 is 0 Å². The van der Waals surface area contributed by atoms with Crippen LogP contribution in [0.3, 0.4) is 0 Å². The van der Waals surface area contributed by atoms with Crippen LogP contribution in [-0.2, 0) is 14.3 Å². The second-order valence-corrected chi connectivity index (χ2v) is 2.96. The van der Waals surface area contributed by atoms with E-state index in [1.54, 1.807) is 0 Å². The molecule has 1 fully saturated rings. The lowest BCUT2D eigenvalue weighted by molar-refractivity contribution is -0.152. The van der Waals surface area contributed by atoms with E-state index in [9.17, 15) is 9.59 Å². The zero-order valence-corrected chi connectivity index (χ0v) is 6.78. The molecule has 1 heterocycles. The summed E-state index contributed by atoms with van der Waals surface area (Å²) in [6.45, 7) is 0.439. The highest BCUT2D eigenvalue weighted by molar-refractivity contribution is 5.79. The summed E-state index contributed by atoms with van der Waals surface area (Å²) in [5.41, 5.74) is 0. The number of esters is 1. The molecule has 1 N–H and O–H groups in total. The molecule has 1 aliphatic rings. The summed E-state index contributed by atoms with van der Waals surface area (Å²) in [6, 6.07) is 0. The molecule has 0 aromatic carbocycles. The average Bonchev–Trinajstić information content (AvgIpc) is 2.16. The molecular weight excluding hydrogens is 160 g/mol. The molecule has 1 rings (SSSR count). The van der Waals surface area contributed by atoms with Crippen LogP contribution in [0.1, 0.15) is 25.7 Å². The van der Waals surface area contributed by atoms with Crippen LogP contribution in [-0.4, -0.2) is 23.7 Å². The summed E-state index contributed by atoms with van der Waals surface area (Å²) in [4.78, 5) is 21.4. The monoisotopic (exact) mass is 172 g/mol. The van der Waals surface area contributed by atoms with E-state index in [-0.39, 0.29) is 12.4 Å². The molecule has 1 unspecified atom stereocenters. The predicted octanol–water partition coefficient (Wildman–Crippen LogP) is 0.804. The molecule has 0 radical (unpaired) electrons. The summed E-state index contributed by atoms with van der Waals surface area (Å²) in [6.07, 6.45) is 2.27. The van der Waals surface area contributed by atoms with Crippen molar-refractivity contribution in [3.63, 3.8) is 0 Å². The Kier molecular flexibility index (Phi) is 3.08. The Morgan fingerprint density at radius 1 is 1.58 bits per heavy atom. The molecule has 1 aliphatic heterocycles. The van der Waals surface area contributed by atoms with Gasteiger partial charge in [0.1, 0.15) is 0 Å². The van der Waals surface area contributed by atoms with E-state index in [2.05, 4.69) is 0 Å². The maximum absolute atomic E-state index is 11.1. The summed E-state index contributed by atoms with van der Waals surface area (Å²) in [5.74, 6) is -1.71. The molecular formula is C8H12O4. The lowest BCUT2D eigenvalue weighted by atomic mass is 10.00. The topological polar surface area (TPSA) is 63.6 Å². The molecule has 0 bridgehead atoms. The highest BCUT2D eigenvalue weighted by Crippen LogP contribution is 2.18. The van der Waals surface area contributed by atoms with Crippen molar-refractivity contribution in [3.05, 3.63) is 0 Å². The Bertz CT molecular complexity index is 187. The number of carboxylic acid groups (broad SMARTS) is 1. The molecule has 4 nitrogen and oxygen atoms in total. The summed E-state index contributed by atoms with van der Waals surface area (Å²) < 4.78 is 4.81. The number of aliphatic carboxylic acids is 1. The number of cyclic esters (lactones) is 1. The van der Waals surface area contributed by atoms with Gasteiger partial charge in [-0.25, -0.2) is 0 Å². The molecule has 0 aromatic rings. The number of carboxylic acids is 1. The Hall–Kier alpha value is -1.06. The van der Waals surface area contributed by atoms with E-state index in [1.807, 2.05) is 0 Å². The molecule has 1 saturated heterocycles. The molecule has 0 aromatic heterocycles. The fourth-order valence-corrected chi connectivity index (χ4v) is 1.30. The lowest BCUT2D eigenvalue weighted by Crippen LogP contribution is -2.18. The smallest absolute Gasteiger partial charge is 0.309 e. The second kappa shape index (κ2) is 4.09. The van der Waals surface area contributed by atoms with Gasteiger partial charge in [-0.05, 0) is 19.3 Å². The van der Waals surface area contributed by atoms with Crippen LogP contribution in [0.25, 0.3) is 0 Å². The van der Waals surface area contributed by atoms with Gasteiger partial charge in [0.2, 0.25) is 0 Å². The third-order valence-electron chi connectivity index (χ3n) is 1.95. The van der Waals surface area contributed by atoms with Crippen molar-refractivity contribution in [2.24, 2.45) is 5.92 Å². The van der Waals surface area contributed by atoms with Crippen LogP contribution in [0.2, 0.25) is 0 Å². The van der Waals surface area contributed by atoms with Crippen LogP contribution in [0.15, 0.2) is 0 Å². The zero-order valence-electron chi connectivity index (χ0n) is 6.78. The minimum atomic E-state index is -0.932. The van der Waals surface area contributed by atoms with Crippen molar-refractivity contribution in [2.75, 3.05) is 6.61 Å². The molecule has 0 spiro atoms. The van der Waals surface area contributed by atoms with E-state index >= 15 is 0 Å². The van der Waals surface area contributed by atoms with Gasteiger partial charge in [-0.15, -0.1) is 0 Å². The minimum absolute atomic E-state index is 0.0984. The maximum Gasteiger partial charge on any atom is 0.309 e. The first-order valence-electron chi connectivity index (χ1n) is 4.08. The Morgan fingerprint density at radius 2 is 2.33 bits per heavy atom. The summed E-state index contributed by atoms with van der Waals surface area (Å²) in [5, 5.41) is 8.47. The van der Waals surface area contributed by atoms with Gasteiger partial charge in [-0.3, -0.25) is 9.59 Å². The second-order valence-electron chi connectivity index (χ2n) is 2.96. The van der Waals surface area contributed by atoms with Gasteiger partial charge < -0.3 is 9.84 Å². The highest BCUT2D eigenvalue weighted by atomic mass is 16.5. The summed E-state index contributed by atoms with van der Waals surface area (Å²) in [7, 11) is 0. The molecule has 68 valence electrons. The van der Waals surface area contributed by atoms with Crippen LogP contribution >= 0.6 is 0 Å². The number of carbonyl (C=O) groups excluding carboxylic acids is 1. The minimum Gasteiger partial charge on any atom is -0.481 e. The lowest BCUT2D eigenvalue weighted by Gasteiger charge is -2.07.